The van der Waals surface area contributed by atoms with Crippen LogP contribution in [0.2, 0.25) is 0 Å². The molecule has 1 N–H and O–H groups in total. The van der Waals surface area contributed by atoms with Gasteiger partial charge in [0, 0.05) is 50.7 Å². The average Bonchev–Trinajstić information content (AvgIpc) is 2.68. The van der Waals surface area contributed by atoms with Crippen LogP contribution in [-0.2, 0) is 12.7 Å². The molecule has 31 heavy (non-hydrogen) atoms. The zero-order valence-corrected chi connectivity index (χ0v) is 19.0. The number of hydrogen-bond acceptors (Lipinski definition) is 4. The third-order valence-electron chi connectivity index (χ3n) is 5.19. The molecule has 174 valence electrons. The third kappa shape index (κ3) is 8.37. The third-order valence-corrected chi connectivity index (χ3v) is 5.19. The fourth-order valence-corrected chi connectivity index (χ4v) is 3.35. The Balaban J connectivity index is 0.00000240. The van der Waals surface area contributed by atoms with Crippen LogP contribution in [0.3, 0.4) is 0 Å². The van der Waals surface area contributed by atoms with Crippen molar-refractivity contribution in [3.8, 4) is 0 Å². The fourth-order valence-electron chi connectivity index (χ4n) is 3.35. The van der Waals surface area contributed by atoms with Gasteiger partial charge in [-0.15, -0.1) is 24.8 Å². The Morgan fingerprint density at radius 1 is 0.968 bits per heavy atom. The van der Waals surface area contributed by atoms with Crippen LogP contribution >= 0.6 is 24.8 Å². The van der Waals surface area contributed by atoms with E-state index in [1.54, 1.807) is 0 Å². The summed E-state index contributed by atoms with van der Waals surface area (Å²) >= 11 is 0. The van der Waals surface area contributed by atoms with E-state index in [1.165, 1.54) is 0 Å². The standard InChI is InChI=1S/C21H27F3N4O.2ClH/c1-26-11-13-27(14-12-26)10-2-9-25-19-6-3-17(4-7-19)15-28-16-18(21(22,23)24)5-8-20(28)29;;/h3-8,16,25H,2,9-15H2,1H3;2*1H. The van der Waals surface area contributed by atoms with Gasteiger partial charge in [-0.05, 0) is 43.8 Å². The van der Waals surface area contributed by atoms with Crippen molar-refractivity contribution in [2.24, 2.45) is 0 Å². The van der Waals surface area contributed by atoms with Gasteiger partial charge in [-0.25, -0.2) is 0 Å². The number of anilines is 1. The number of nitrogens with one attached hydrogen (secondary N) is 1. The van der Waals surface area contributed by atoms with E-state index in [-0.39, 0.29) is 31.4 Å². The minimum Gasteiger partial charge on any atom is -0.385 e. The van der Waals surface area contributed by atoms with Crippen LogP contribution in [0.1, 0.15) is 17.5 Å². The molecule has 0 aliphatic carbocycles. The van der Waals surface area contributed by atoms with Gasteiger partial charge < -0.3 is 19.7 Å². The number of likely N-dealkylation sites (N-methyl/N-ethyl adjacent to an activating group) is 1. The Kier molecular flexibility index (Phi) is 10.9. The molecule has 0 spiro atoms. The van der Waals surface area contributed by atoms with E-state index < -0.39 is 17.3 Å². The van der Waals surface area contributed by atoms with Gasteiger partial charge in [0.05, 0.1) is 12.1 Å². The predicted molar refractivity (Wildman–Crippen MR) is 123 cm³/mol. The molecule has 1 aromatic carbocycles. The number of halogens is 5. The van der Waals surface area contributed by atoms with Crippen LogP contribution in [-0.4, -0.2) is 60.7 Å². The number of aromatic nitrogens is 1. The van der Waals surface area contributed by atoms with E-state index in [2.05, 4.69) is 22.2 Å². The van der Waals surface area contributed by atoms with E-state index in [1.807, 2.05) is 24.3 Å². The van der Waals surface area contributed by atoms with Crippen molar-refractivity contribution in [2.45, 2.75) is 19.1 Å². The molecule has 2 aromatic rings. The largest absolute Gasteiger partial charge is 0.417 e. The summed E-state index contributed by atoms with van der Waals surface area (Å²) in [6.45, 7) is 6.48. The summed E-state index contributed by atoms with van der Waals surface area (Å²) in [6.07, 6.45) is -2.55. The first kappa shape index (κ1) is 27.3. The van der Waals surface area contributed by atoms with Crippen molar-refractivity contribution in [3.05, 3.63) is 64.1 Å². The topological polar surface area (TPSA) is 40.5 Å². The number of piperazine rings is 1. The molecule has 0 bridgehead atoms. The molecule has 10 heteroatoms. The van der Waals surface area contributed by atoms with Crippen LogP contribution in [0.4, 0.5) is 18.9 Å². The second-order valence-electron chi connectivity index (χ2n) is 7.50. The summed E-state index contributed by atoms with van der Waals surface area (Å²) in [5, 5.41) is 3.37. The summed E-state index contributed by atoms with van der Waals surface area (Å²) < 4.78 is 39.6. The maximum absolute atomic E-state index is 12.8. The Morgan fingerprint density at radius 2 is 1.61 bits per heavy atom. The molecule has 3 rings (SSSR count). The van der Waals surface area contributed by atoms with Crippen molar-refractivity contribution in [1.29, 1.82) is 0 Å². The van der Waals surface area contributed by atoms with Crippen molar-refractivity contribution in [2.75, 3.05) is 51.6 Å². The van der Waals surface area contributed by atoms with Crippen LogP contribution in [0, 0.1) is 0 Å². The molecule has 0 unspecified atom stereocenters. The fraction of sp³-hybridized carbons (Fsp3) is 0.476. The Hall–Kier alpha value is -1.74. The molecule has 1 aromatic heterocycles. The quantitative estimate of drug-likeness (QED) is 0.611. The maximum atomic E-state index is 12.8. The molecule has 1 saturated heterocycles. The average molecular weight is 481 g/mol. The number of pyridine rings is 1. The molecule has 2 heterocycles. The van der Waals surface area contributed by atoms with Crippen LogP contribution < -0.4 is 10.9 Å². The van der Waals surface area contributed by atoms with Gasteiger partial charge in [0.25, 0.3) is 5.56 Å². The first-order valence-corrected chi connectivity index (χ1v) is 9.83. The van der Waals surface area contributed by atoms with Gasteiger partial charge in [-0.1, -0.05) is 12.1 Å². The van der Waals surface area contributed by atoms with Gasteiger partial charge >= 0.3 is 6.18 Å². The lowest BCUT2D eigenvalue weighted by Gasteiger charge is -2.32. The molecule has 1 aliphatic heterocycles. The van der Waals surface area contributed by atoms with Gasteiger partial charge in [0.15, 0.2) is 0 Å². The summed E-state index contributed by atoms with van der Waals surface area (Å²) in [5.74, 6) is 0. The van der Waals surface area contributed by atoms with Crippen LogP contribution in [0.25, 0.3) is 0 Å². The van der Waals surface area contributed by atoms with Crippen molar-refractivity contribution < 1.29 is 13.2 Å². The lowest BCUT2D eigenvalue weighted by molar-refractivity contribution is -0.138. The Morgan fingerprint density at radius 3 is 2.23 bits per heavy atom. The first-order valence-electron chi connectivity index (χ1n) is 9.83. The second kappa shape index (κ2) is 12.3. The lowest BCUT2D eigenvalue weighted by atomic mass is 10.2. The Bertz CT molecular complexity index is 851. The minimum atomic E-state index is -4.46. The lowest BCUT2D eigenvalue weighted by Crippen LogP contribution is -2.44. The number of nitrogens with zero attached hydrogens (tertiary/aromatic N) is 3. The highest BCUT2D eigenvalue weighted by Crippen LogP contribution is 2.28. The Labute approximate surface area is 193 Å². The molecule has 0 amide bonds. The number of alkyl halides is 3. The van der Waals surface area contributed by atoms with Gasteiger partial charge in [-0.2, -0.15) is 13.2 Å². The number of benzene rings is 1. The van der Waals surface area contributed by atoms with E-state index in [0.717, 1.165) is 79.8 Å². The maximum Gasteiger partial charge on any atom is 0.417 e. The predicted octanol–water partition coefficient (Wildman–Crippen LogP) is 3.81. The normalized spacial score (nSPS) is 15.1. The SMILES string of the molecule is CN1CCN(CCCNc2ccc(Cn3cc(C(F)(F)F)ccc3=O)cc2)CC1.Cl.Cl. The molecule has 5 nitrogen and oxygen atoms in total. The van der Waals surface area contributed by atoms with E-state index in [9.17, 15) is 18.0 Å². The summed E-state index contributed by atoms with van der Waals surface area (Å²) in [7, 11) is 2.14. The molecule has 0 atom stereocenters. The van der Waals surface area contributed by atoms with E-state index in [0.29, 0.717) is 0 Å². The molecule has 1 fully saturated rings. The summed E-state index contributed by atoms with van der Waals surface area (Å²) in [5.41, 5.74) is 0.456. The summed E-state index contributed by atoms with van der Waals surface area (Å²) in [4.78, 5) is 16.7. The molecule has 0 saturated carbocycles. The number of rotatable bonds is 7. The number of hydrogen-bond donors (Lipinski definition) is 1. The minimum absolute atomic E-state index is 0. The first-order chi connectivity index (χ1) is 13.8. The van der Waals surface area contributed by atoms with Gasteiger partial charge in [0.2, 0.25) is 0 Å². The second-order valence-corrected chi connectivity index (χ2v) is 7.50. The molecular formula is C21H29Cl2F3N4O. The van der Waals surface area contributed by atoms with Crippen LogP contribution in [0.15, 0.2) is 47.4 Å². The smallest absolute Gasteiger partial charge is 0.385 e. The highest BCUT2D eigenvalue weighted by Gasteiger charge is 2.31. The zero-order chi connectivity index (χ0) is 20.9. The zero-order valence-electron chi connectivity index (χ0n) is 17.4. The highest BCUT2D eigenvalue weighted by atomic mass is 35.5. The molecule has 0 radical (unpaired) electrons. The van der Waals surface area contributed by atoms with Crippen molar-refractivity contribution >= 4 is 30.5 Å². The van der Waals surface area contributed by atoms with Gasteiger partial charge in [-0.3, -0.25) is 4.79 Å². The molecule has 1 aliphatic rings. The van der Waals surface area contributed by atoms with Crippen molar-refractivity contribution in [1.82, 2.24) is 14.4 Å². The van der Waals surface area contributed by atoms with Crippen molar-refractivity contribution in [3.63, 3.8) is 0 Å². The van der Waals surface area contributed by atoms with E-state index >= 15 is 0 Å². The van der Waals surface area contributed by atoms with Crippen LogP contribution in [0.5, 0.6) is 0 Å². The monoisotopic (exact) mass is 480 g/mol. The molecular weight excluding hydrogens is 452 g/mol. The summed E-state index contributed by atoms with van der Waals surface area (Å²) in [6, 6.07) is 9.21. The highest BCUT2D eigenvalue weighted by molar-refractivity contribution is 5.85. The van der Waals surface area contributed by atoms with Gasteiger partial charge in [0.1, 0.15) is 0 Å². The van der Waals surface area contributed by atoms with E-state index in [4.69, 9.17) is 0 Å².